The van der Waals surface area contributed by atoms with Gasteiger partial charge in [0.05, 0.1) is 6.04 Å². The highest BCUT2D eigenvalue weighted by atomic mass is 16.8. The zero-order valence-corrected chi connectivity index (χ0v) is 12.5. The second kappa shape index (κ2) is 3.95. The molecular weight excluding hydrogens is 262 g/mol. The monoisotopic (exact) mass is 283 g/mol. The third-order valence-electron chi connectivity index (χ3n) is 3.86. The van der Waals surface area contributed by atoms with E-state index in [2.05, 4.69) is 0 Å². The van der Waals surface area contributed by atoms with Crippen molar-refractivity contribution in [3.8, 4) is 0 Å². The number of carbonyl (C=O) groups is 2. The van der Waals surface area contributed by atoms with E-state index in [0.717, 1.165) is 0 Å². The molecule has 0 saturated carbocycles. The number of rotatable bonds is 0. The Hall–Kier alpha value is -1.14. The summed E-state index contributed by atoms with van der Waals surface area (Å²) < 4.78 is 17.0. The highest BCUT2D eigenvalue weighted by molar-refractivity contribution is 5.94. The number of ether oxygens (including phenoxy) is 3. The second-order valence-electron chi connectivity index (χ2n) is 7.13. The van der Waals surface area contributed by atoms with Crippen molar-refractivity contribution in [2.24, 2.45) is 0 Å². The summed E-state index contributed by atoms with van der Waals surface area (Å²) in [6.45, 7) is 9.07. The molecule has 0 aromatic carbocycles. The molecule has 0 radical (unpaired) electrons. The smallest absolute Gasteiger partial charge is 0.411 e. The van der Waals surface area contributed by atoms with Crippen LogP contribution in [0.2, 0.25) is 0 Å². The molecule has 4 atom stereocenters. The molecule has 0 aromatic heterocycles. The highest BCUT2D eigenvalue weighted by Gasteiger charge is 2.66. The van der Waals surface area contributed by atoms with Gasteiger partial charge < -0.3 is 14.2 Å². The molecule has 1 amide bonds. The van der Waals surface area contributed by atoms with Gasteiger partial charge in [0.2, 0.25) is 0 Å². The minimum Gasteiger partial charge on any atom is -0.444 e. The van der Waals surface area contributed by atoms with Crippen LogP contribution in [0.1, 0.15) is 41.0 Å². The summed E-state index contributed by atoms with van der Waals surface area (Å²) >= 11 is 0. The lowest BCUT2D eigenvalue weighted by molar-refractivity contribution is -0.162. The van der Waals surface area contributed by atoms with Gasteiger partial charge in [0.25, 0.3) is 0 Å². The minimum atomic E-state index is -0.698. The van der Waals surface area contributed by atoms with Gasteiger partial charge in [0.1, 0.15) is 23.9 Å². The molecule has 3 saturated heterocycles. The summed E-state index contributed by atoms with van der Waals surface area (Å²) in [5.41, 5.74) is -0.585. The van der Waals surface area contributed by atoms with Crippen LogP contribution in [-0.4, -0.2) is 52.5 Å². The van der Waals surface area contributed by atoms with E-state index >= 15 is 0 Å². The Morgan fingerprint density at radius 2 is 1.90 bits per heavy atom. The number of Topliss-reactive ketones (excluding diaryl/α,β-unsaturated/α-hetero) is 1. The van der Waals surface area contributed by atoms with Crippen molar-refractivity contribution in [3.05, 3.63) is 0 Å². The normalized spacial score (nSPS) is 38.2. The molecule has 0 N–H and O–H groups in total. The van der Waals surface area contributed by atoms with E-state index in [9.17, 15) is 9.59 Å². The molecule has 3 aliphatic rings. The zero-order valence-electron chi connectivity index (χ0n) is 12.5. The Morgan fingerprint density at radius 3 is 2.50 bits per heavy atom. The van der Waals surface area contributed by atoms with Crippen LogP contribution in [0.5, 0.6) is 0 Å². The Bertz CT molecular complexity index is 467. The van der Waals surface area contributed by atoms with Crippen molar-refractivity contribution in [2.45, 2.75) is 76.7 Å². The summed E-state index contributed by atoms with van der Waals surface area (Å²) in [6.07, 6.45) is -0.744. The summed E-state index contributed by atoms with van der Waals surface area (Å²) in [7, 11) is 0. The van der Waals surface area contributed by atoms with Gasteiger partial charge in [-0.05, 0) is 34.6 Å². The van der Waals surface area contributed by atoms with Gasteiger partial charge in [-0.3, -0.25) is 9.69 Å². The number of hydrogen-bond donors (Lipinski definition) is 0. The molecule has 3 fully saturated rings. The predicted molar refractivity (Wildman–Crippen MR) is 69.1 cm³/mol. The Morgan fingerprint density at radius 1 is 1.30 bits per heavy atom. The first-order valence-corrected chi connectivity index (χ1v) is 6.99. The van der Waals surface area contributed by atoms with Gasteiger partial charge in [-0.15, -0.1) is 0 Å². The topological polar surface area (TPSA) is 65.1 Å². The molecule has 3 rings (SSSR count). The standard InChI is InChI=1S/C14H21NO5/c1-13(2,3)20-12(17)15-7-6-8(16)9(15)11-10(7)18-14(4,5)19-11/h7,9-11H,6H2,1-5H3/t7-,9+,10-,11+/m0/s1. The maximum Gasteiger partial charge on any atom is 0.411 e. The maximum absolute atomic E-state index is 12.3. The summed E-state index contributed by atoms with van der Waals surface area (Å²) in [4.78, 5) is 25.9. The van der Waals surface area contributed by atoms with Gasteiger partial charge in [0.15, 0.2) is 11.6 Å². The van der Waals surface area contributed by atoms with Crippen LogP contribution < -0.4 is 0 Å². The average molecular weight is 283 g/mol. The second-order valence-corrected chi connectivity index (χ2v) is 7.13. The van der Waals surface area contributed by atoms with Crippen LogP contribution in [0.4, 0.5) is 4.79 Å². The lowest BCUT2D eigenvalue weighted by Crippen LogP contribution is -2.45. The number of nitrogens with zero attached hydrogens (tertiary/aromatic N) is 1. The molecule has 3 heterocycles. The van der Waals surface area contributed by atoms with Gasteiger partial charge in [-0.2, -0.15) is 0 Å². The van der Waals surface area contributed by atoms with Crippen LogP contribution in [0.25, 0.3) is 0 Å². The van der Waals surface area contributed by atoms with E-state index in [-0.39, 0.29) is 24.0 Å². The molecule has 6 nitrogen and oxygen atoms in total. The van der Waals surface area contributed by atoms with Gasteiger partial charge in [-0.25, -0.2) is 4.79 Å². The Balaban J connectivity index is 1.83. The molecule has 3 aliphatic heterocycles. The molecule has 0 aromatic rings. The first-order chi connectivity index (χ1) is 9.09. The molecule has 0 unspecified atom stereocenters. The summed E-state index contributed by atoms with van der Waals surface area (Å²) in [5.74, 6) is -0.667. The fourth-order valence-corrected chi connectivity index (χ4v) is 3.33. The molecular formula is C14H21NO5. The number of fused-ring (bicyclic) bond motifs is 5. The number of hydrogen-bond acceptors (Lipinski definition) is 5. The Kier molecular flexibility index (Phi) is 2.73. The fourth-order valence-electron chi connectivity index (χ4n) is 3.33. The third-order valence-corrected chi connectivity index (χ3v) is 3.86. The predicted octanol–water partition coefficient (Wildman–Crippen LogP) is 1.47. The molecule has 0 aliphatic carbocycles. The first-order valence-electron chi connectivity index (χ1n) is 6.99. The minimum absolute atomic E-state index is 0.0309. The van der Waals surface area contributed by atoms with Crippen LogP contribution in [0.3, 0.4) is 0 Å². The van der Waals surface area contributed by atoms with Crippen molar-refractivity contribution in [1.82, 2.24) is 4.90 Å². The molecule has 2 bridgehead atoms. The van der Waals surface area contributed by atoms with E-state index in [1.165, 1.54) is 4.90 Å². The van der Waals surface area contributed by atoms with Crippen molar-refractivity contribution in [3.63, 3.8) is 0 Å². The van der Waals surface area contributed by atoms with E-state index in [0.29, 0.717) is 6.42 Å². The lowest BCUT2D eigenvalue weighted by Gasteiger charge is -2.29. The van der Waals surface area contributed by atoms with Crippen LogP contribution in [0, 0.1) is 0 Å². The Labute approximate surface area is 118 Å². The van der Waals surface area contributed by atoms with Crippen LogP contribution in [0.15, 0.2) is 0 Å². The van der Waals surface area contributed by atoms with Crippen molar-refractivity contribution in [2.75, 3.05) is 0 Å². The largest absolute Gasteiger partial charge is 0.444 e. The number of ketones is 1. The highest BCUT2D eigenvalue weighted by Crippen LogP contribution is 2.46. The average Bonchev–Trinajstić information content (AvgIpc) is 2.79. The molecule has 20 heavy (non-hydrogen) atoms. The zero-order chi connectivity index (χ0) is 14.9. The summed E-state index contributed by atoms with van der Waals surface area (Å²) in [5, 5.41) is 0. The SMILES string of the molecule is CC(C)(C)OC(=O)N1[C@@H]2C(=O)C[C@H]1[C@@H]1OC(C)(C)O[C@@H]12. The van der Waals surface area contributed by atoms with Crippen LogP contribution in [-0.2, 0) is 19.0 Å². The molecule has 112 valence electrons. The van der Waals surface area contributed by atoms with Gasteiger partial charge >= 0.3 is 6.09 Å². The molecule has 0 spiro atoms. The van der Waals surface area contributed by atoms with Crippen molar-refractivity contribution >= 4 is 11.9 Å². The maximum atomic E-state index is 12.3. The van der Waals surface area contributed by atoms with Crippen molar-refractivity contribution < 1.29 is 23.8 Å². The lowest BCUT2D eigenvalue weighted by atomic mass is 9.94. The number of carbonyl (C=O) groups excluding carboxylic acids is 2. The van der Waals surface area contributed by atoms with Gasteiger partial charge in [0, 0.05) is 6.42 Å². The van der Waals surface area contributed by atoms with Crippen LogP contribution >= 0.6 is 0 Å². The molecule has 6 heteroatoms. The van der Waals surface area contributed by atoms with Crippen molar-refractivity contribution in [1.29, 1.82) is 0 Å². The number of amides is 1. The quantitative estimate of drug-likeness (QED) is 0.673. The summed E-state index contributed by atoms with van der Waals surface area (Å²) in [6, 6.07) is -0.837. The van der Waals surface area contributed by atoms with E-state index in [1.807, 2.05) is 34.6 Å². The van der Waals surface area contributed by atoms with E-state index in [4.69, 9.17) is 14.2 Å². The van der Waals surface area contributed by atoms with E-state index < -0.39 is 23.5 Å². The van der Waals surface area contributed by atoms with Gasteiger partial charge in [-0.1, -0.05) is 0 Å². The van der Waals surface area contributed by atoms with E-state index in [1.54, 1.807) is 0 Å². The third kappa shape index (κ3) is 2.02. The first kappa shape index (κ1) is 13.8. The fraction of sp³-hybridized carbons (Fsp3) is 0.857.